The minimum atomic E-state index is -0.463. The lowest BCUT2D eigenvalue weighted by atomic mass is 9.69. The molecule has 1 N–H and O–H groups in total. The molecular weight excluding hydrogens is 202 g/mol. The minimum Gasteiger partial charge on any atom is -0.345 e. The van der Waals surface area contributed by atoms with Gasteiger partial charge in [0.1, 0.15) is 0 Å². The number of fused-ring (bicyclic) bond motifs is 4. The molecule has 1 aromatic rings. The molecular formula is C13H13NO2. The smallest absolute Gasteiger partial charge is 0.231 e. The van der Waals surface area contributed by atoms with E-state index in [9.17, 15) is 9.59 Å². The Hall–Kier alpha value is -1.64. The molecule has 1 fully saturated rings. The Bertz CT molecular complexity index is 494. The van der Waals surface area contributed by atoms with Crippen LogP contribution in [0.1, 0.15) is 35.7 Å². The average Bonchev–Trinajstić information content (AvgIpc) is 2.63. The highest BCUT2D eigenvalue weighted by Crippen LogP contribution is 2.43. The standard InChI is InChI=1S/C13H13NO2/c1-2-13-7-10(14-12(13)16)11(15)8-5-3-4-6-9(8)13/h3-6,10H,2,7H2,1H3,(H,14,16). The summed E-state index contributed by atoms with van der Waals surface area (Å²) >= 11 is 0. The first-order valence-corrected chi connectivity index (χ1v) is 5.64. The van der Waals surface area contributed by atoms with Crippen LogP contribution in [0.15, 0.2) is 24.3 Å². The molecule has 82 valence electrons. The topological polar surface area (TPSA) is 46.2 Å². The zero-order valence-corrected chi connectivity index (χ0v) is 9.12. The lowest BCUT2D eigenvalue weighted by Crippen LogP contribution is -2.36. The van der Waals surface area contributed by atoms with Gasteiger partial charge in [-0.2, -0.15) is 0 Å². The van der Waals surface area contributed by atoms with Gasteiger partial charge >= 0.3 is 0 Å². The van der Waals surface area contributed by atoms with E-state index in [2.05, 4.69) is 5.32 Å². The average molecular weight is 215 g/mol. The largest absolute Gasteiger partial charge is 0.345 e. The Labute approximate surface area is 93.8 Å². The van der Waals surface area contributed by atoms with Crippen LogP contribution < -0.4 is 5.32 Å². The van der Waals surface area contributed by atoms with Crippen molar-refractivity contribution in [2.45, 2.75) is 31.2 Å². The van der Waals surface area contributed by atoms with Gasteiger partial charge in [-0.05, 0) is 18.4 Å². The Kier molecular flexibility index (Phi) is 1.76. The second-order valence-corrected chi connectivity index (χ2v) is 4.58. The molecule has 1 aliphatic carbocycles. The molecule has 2 bridgehead atoms. The molecule has 1 heterocycles. The maximum absolute atomic E-state index is 12.1. The van der Waals surface area contributed by atoms with Crippen LogP contribution in [0.2, 0.25) is 0 Å². The van der Waals surface area contributed by atoms with Gasteiger partial charge < -0.3 is 5.32 Å². The quantitative estimate of drug-likeness (QED) is 0.770. The van der Waals surface area contributed by atoms with Crippen LogP contribution in [-0.4, -0.2) is 17.7 Å². The van der Waals surface area contributed by atoms with Gasteiger partial charge in [-0.3, -0.25) is 9.59 Å². The number of hydrogen-bond donors (Lipinski definition) is 1. The highest BCUT2D eigenvalue weighted by molar-refractivity contribution is 6.11. The Morgan fingerprint density at radius 2 is 2.12 bits per heavy atom. The highest BCUT2D eigenvalue weighted by atomic mass is 16.2. The van der Waals surface area contributed by atoms with Crippen LogP contribution in [0.5, 0.6) is 0 Å². The van der Waals surface area contributed by atoms with Crippen LogP contribution >= 0.6 is 0 Å². The molecule has 1 aliphatic heterocycles. The summed E-state index contributed by atoms with van der Waals surface area (Å²) in [5, 5.41) is 2.82. The minimum absolute atomic E-state index is 0.0123. The molecule has 2 atom stereocenters. The van der Waals surface area contributed by atoms with E-state index in [0.29, 0.717) is 6.42 Å². The number of ketones is 1. The number of Topliss-reactive ketones (excluding diaryl/α,β-unsaturated/α-hetero) is 1. The monoisotopic (exact) mass is 215 g/mol. The number of benzene rings is 1. The second kappa shape index (κ2) is 2.94. The highest BCUT2D eigenvalue weighted by Gasteiger charge is 2.54. The van der Waals surface area contributed by atoms with Crippen molar-refractivity contribution in [1.29, 1.82) is 0 Å². The third-order valence-corrected chi connectivity index (χ3v) is 3.92. The van der Waals surface area contributed by atoms with Gasteiger partial charge in [0.2, 0.25) is 5.91 Å². The van der Waals surface area contributed by atoms with Crippen LogP contribution in [0.4, 0.5) is 0 Å². The molecule has 3 nitrogen and oxygen atoms in total. The third-order valence-electron chi connectivity index (χ3n) is 3.92. The molecule has 3 rings (SSSR count). The molecule has 2 unspecified atom stereocenters. The molecule has 0 radical (unpaired) electrons. The van der Waals surface area contributed by atoms with Crippen LogP contribution in [-0.2, 0) is 10.2 Å². The summed E-state index contributed by atoms with van der Waals surface area (Å²) < 4.78 is 0. The molecule has 2 aliphatic rings. The molecule has 0 saturated carbocycles. The number of hydrogen-bond acceptors (Lipinski definition) is 2. The van der Waals surface area contributed by atoms with Crippen molar-refractivity contribution >= 4 is 11.7 Å². The van der Waals surface area contributed by atoms with E-state index in [4.69, 9.17) is 0 Å². The first-order valence-electron chi connectivity index (χ1n) is 5.64. The lowest BCUT2D eigenvalue weighted by Gasteiger charge is -2.30. The molecule has 1 amide bonds. The van der Waals surface area contributed by atoms with Crippen molar-refractivity contribution in [1.82, 2.24) is 5.32 Å². The van der Waals surface area contributed by atoms with Gasteiger partial charge in [0, 0.05) is 5.56 Å². The van der Waals surface area contributed by atoms with E-state index in [1.165, 1.54) is 0 Å². The third kappa shape index (κ3) is 0.932. The van der Waals surface area contributed by atoms with E-state index in [0.717, 1.165) is 17.5 Å². The number of carbonyl (C=O) groups excluding carboxylic acids is 2. The van der Waals surface area contributed by atoms with Gasteiger partial charge in [-0.1, -0.05) is 31.2 Å². The van der Waals surface area contributed by atoms with Gasteiger partial charge in [-0.15, -0.1) is 0 Å². The van der Waals surface area contributed by atoms with E-state index in [1.807, 2.05) is 31.2 Å². The molecule has 0 aromatic heterocycles. The van der Waals surface area contributed by atoms with Crippen molar-refractivity contribution < 1.29 is 9.59 Å². The van der Waals surface area contributed by atoms with E-state index >= 15 is 0 Å². The van der Waals surface area contributed by atoms with Crippen molar-refractivity contribution in [3.05, 3.63) is 35.4 Å². The summed E-state index contributed by atoms with van der Waals surface area (Å²) in [4.78, 5) is 24.1. The Balaban J connectivity index is 2.30. The number of rotatable bonds is 1. The fraction of sp³-hybridized carbons (Fsp3) is 0.385. The van der Waals surface area contributed by atoms with Crippen molar-refractivity contribution in [3.63, 3.8) is 0 Å². The van der Waals surface area contributed by atoms with E-state index in [1.54, 1.807) is 0 Å². The zero-order chi connectivity index (χ0) is 11.3. The van der Waals surface area contributed by atoms with E-state index in [-0.39, 0.29) is 17.7 Å². The fourth-order valence-corrected chi connectivity index (χ4v) is 2.98. The van der Waals surface area contributed by atoms with Crippen molar-refractivity contribution in [3.8, 4) is 0 Å². The first-order chi connectivity index (χ1) is 7.69. The van der Waals surface area contributed by atoms with Crippen LogP contribution in [0.25, 0.3) is 0 Å². The normalized spacial score (nSPS) is 31.2. The Morgan fingerprint density at radius 3 is 2.88 bits per heavy atom. The predicted octanol–water partition coefficient (Wildman–Crippen LogP) is 1.42. The summed E-state index contributed by atoms with van der Waals surface area (Å²) in [7, 11) is 0. The van der Waals surface area contributed by atoms with Gasteiger partial charge in [0.15, 0.2) is 5.78 Å². The maximum atomic E-state index is 12.1. The lowest BCUT2D eigenvalue weighted by molar-refractivity contribution is -0.124. The summed E-state index contributed by atoms with van der Waals surface area (Å²) in [6, 6.07) is 7.19. The van der Waals surface area contributed by atoms with E-state index < -0.39 is 5.41 Å². The summed E-state index contributed by atoms with van der Waals surface area (Å²) in [6.07, 6.45) is 1.37. The Morgan fingerprint density at radius 1 is 1.38 bits per heavy atom. The molecule has 1 aromatic carbocycles. The summed E-state index contributed by atoms with van der Waals surface area (Å²) in [6.45, 7) is 2.01. The fourth-order valence-electron chi connectivity index (χ4n) is 2.98. The first kappa shape index (κ1) is 9.58. The second-order valence-electron chi connectivity index (χ2n) is 4.58. The van der Waals surface area contributed by atoms with Crippen LogP contribution in [0, 0.1) is 0 Å². The summed E-state index contributed by atoms with van der Waals surface area (Å²) in [5.74, 6) is 0.0730. The zero-order valence-electron chi connectivity index (χ0n) is 9.12. The predicted molar refractivity (Wildman–Crippen MR) is 59.3 cm³/mol. The maximum Gasteiger partial charge on any atom is 0.231 e. The molecule has 0 spiro atoms. The summed E-state index contributed by atoms with van der Waals surface area (Å²) in [5.41, 5.74) is 1.17. The van der Waals surface area contributed by atoms with Crippen molar-refractivity contribution in [2.75, 3.05) is 0 Å². The molecule has 16 heavy (non-hydrogen) atoms. The SMILES string of the molecule is CCC12CC(NC1=O)C(=O)c1ccccc12. The molecule has 1 saturated heterocycles. The van der Waals surface area contributed by atoms with Gasteiger partial charge in [0.05, 0.1) is 11.5 Å². The van der Waals surface area contributed by atoms with Gasteiger partial charge in [0.25, 0.3) is 0 Å². The van der Waals surface area contributed by atoms with Gasteiger partial charge in [-0.25, -0.2) is 0 Å². The number of nitrogens with one attached hydrogen (secondary N) is 1. The van der Waals surface area contributed by atoms with Crippen molar-refractivity contribution in [2.24, 2.45) is 0 Å². The van der Waals surface area contributed by atoms with Crippen LogP contribution in [0.3, 0.4) is 0 Å². The number of carbonyl (C=O) groups is 2. The number of amides is 1. The molecule has 3 heteroatoms.